The van der Waals surface area contributed by atoms with E-state index in [2.05, 4.69) is 27.4 Å². The van der Waals surface area contributed by atoms with Crippen LogP contribution in [0.1, 0.15) is 17.5 Å². The van der Waals surface area contributed by atoms with E-state index in [0.717, 1.165) is 11.8 Å². The molecule has 1 aromatic heterocycles. The average Bonchev–Trinajstić information content (AvgIpc) is 3.49. The largest absolute Gasteiger partial charge is 0.497 e. The summed E-state index contributed by atoms with van der Waals surface area (Å²) in [5.41, 5.74) is 3.22. The molecule has 2 aliphatic heterocycles. The number of rotatable bonds is 11. The third-order valence-corrected chi connectivity index (χ3v) is 7.94. The fourth-order valence-corrected chi connectivity index (χ4v) is 5.74. The summed E-state index contributed by atoms with van der Waals surface area (Å²) in [5.74, 6) is -1.46. The quantitative estimate of drug-likeness (QED) is 0.0753. The summed E-state index contributed by atoms with van der Waals surface area (Å²) in [7, 11) is 1.56. The Kier molecular flexibility index (Phi) is 9.43. The summed E-state index contributed by atoms with van der Waals surface area (Å²) >= 11 is 8.18. The molecule has 2 fully saturated rings. The molecule has 39 heavy (non-hydrogen) atoms. The van der Waals surface area contributed by atoms with E-state index in [-0.39, 0.29) is 12.5 Å². The second kappa shape index (κ2) is 13.0. The Morgan fingerprint density at radius 3 is 2.77 bits per heavy atom. The van der Waals surface area contributed by atoms with Gasteiger partial charge in [0.25, 0.3) is 5.91 Å². The molecule has 206 valence electrons. The number of aromatic nitrogens is 1. The third-order valence-electron chi connectivity index (χ3n) is 5.72. The highest BCUT2D eigenvalue weighted by Gasteiger charge is 2.56. The number of β-lactam (4-membered cyclic amide) rings is 1. The van der Waals surface area contributed by atoms with E-state index in [4.69, 9.17) is 25.9 Å². The van der Waals surface area contributed by atoms with Gasteiger partial charge in [-0.15, -0.1) is 34.7 Å². The van der Waals surface area contributed by atoms with Crippen LogP contribution in [0.3, 0.4) is 0 Å². The topological polar surface area (TPSA) is 149 Å². The number of hydrogen-bond donors (Lipinski definition) is 2. The van der Waals surface area contributed by atoms with E-state index >= 15 is 0 Å². The third kappa shape index (κ3) is 6.69. The Labute approximate surface area is 236 Å². The van der Waals surface area contributed by atoms with Gasteiger partial charge in [0.05, 0.1) is 12.6 Å². The number of fused-ring (bicyclic) bond motifs is 1. The van der Waals surface area contributed by atoms with Crippen molar-refractivity contribution in [3.05, 3.63) is 58.6 Å². The minimum absolute atomic E-state index is 0.0241. The van der Waals surface area contributed by atoms with Gasteiger partial charge in [-0.1, -0.05) is 23.9 Å². The molecular weight excluding hydrogens is 570 g/mol. The van der Waals surface area contributed by atoms with Crippen LogP contribution in [0.15, 0.2) is 52.5 Å². The predicted molar refractivity (Wildman–Crippen MR) is 144 cm³/mol. The Morgan fingerprint density at radius 1 is 1.33 bits per heavy atom. The van der Waals surface area contributed by atoms with Crippen molar-refractivity contribution in [1.82, 2.24) is 20.5 Å². The first kappa shape index (κ1) is 28.4. The molecule has 2 unspecified atom stereocenters. The highest BCUT2D eigenvalue weighted by Crippen LogP contribution is 2.40. The van der Waals surface area contributed by atoms with Crippen LogP contribution < -0.4 is 15.4 Å². The Bertz CT molecular complexity index is 1260. The molecule has 3 amide bonds. The highest BCUT2D eigenvalue weighted by atomic mass is 35.5. The molecule has 15 heteroatoms. The predicted octanol–water partition coefficient (Wildman–Crippen LogP) is 1.58. The molecule has 0 saturated carbocycles. The molecule has 0 radical (unpaired) electrons. The summed E-state index contributed by atoms with van der Waals surface area (Å²) in [6, 6.07) is 5.24. The molecular formula is C24H24ClN5O7S2. The fourth-order valence-electron chi connectivity index (χ4n) is 3.79. The van der Waals surface area contributed by atoms with E-state index in [1.54, 1.807) is 42.3 Å². The SMILES string of the molecule is C=C1CS[C@H]2[C@H](NC(=O)C=NOC(NC(=O)CCl)c3cscn3)C(=O)N2C1C(=O)OCc1ccc(OC)cc1. The Balaban J connectivity index is 1.31. The van der Waals surface area contributed by atoms with Gasteiger partial charge in [-0.2, -0.15) is 0 Å². The number of esters is 1. The molecule has 4 atom stereocenters. The van der Waals surface area contributed by atoms with Crippen LogP contribution in [0.2, 0.25) is 0 Å². The first-order valence-corrected chi connectivity index (χ1v) is 14.0. The zero-order chi connectivity index (χ0) is 27.9. The Morgan fingerprint density at radius 2 is 2.10 bits per heavy atom. The molecule has 2 aromatic rings. The van der Waals surface area contributed by atoms with Gasteiger partial charge < -0.3 is 29.8 Å². The molecule has 3 heterocycles. The zero-order valence-electron chi connectivity index (χ0n) is 20.6. The molecule has 12 nitrogen and oxygen atoms in total. The maximum Gasteiger partial charge on any atom is 0.333 e. The maximum absolute atomic E-state index is 12.9. The van der Waals surface area contributed by atoms with Crippen LogP contribution >= 0.6 is 34.7 Å². The van der Waals surface area contributed by atoms with Gasteiger partial charge in [-0.3, -0.25) is 14.4 Å². The van der Waals surface area contributed by atoms with Gasteiger partial charge in [-0.25, -0.2) is 9.78 Å². The van der Waals surface area contributed by atoms with Crippen LogP contribution in [-0.4, -0.2) is 76.0 Å². The number of alkyl halides is 1. The van der Waals surface area contributed by atoms with Gasteiger partial charge in [-0.05, 0) is 23.3 Å². The number of carbonyl (C=O) groups is 4. The lowest BCUT2D eigenvalue weighted by atomic mass is 9.98. The van der Waals surface area contributed by atoms with Crippen molar-refractivity contribution in [1.29, 1.82) is 0 Å². The fraction of sp³-hybridized carbons (Fsp3) is 0.333. The summed E-state index contributed by atoms with van der Waals surface area (Å²) < 4.78 is 10.6. The van der Waals surface area contributed by atoms with E-state index in [1.807, 2.05) is 0 Å². The summed E-state index contributed by atoms with van der Waals surface area (Å²) in [6.07, 6.45) is -0.202. The van der Waals surface area contributed by atoms with Crippen molar-refractivity contribution in [3.63, 3.8) is 0 Å². The second-order valence-corrected chi connectivity index (χ2v) is 10.4. The minimum atomic E-state index is -1.04. The second-order valence-electron chi connectivity index (χ2n) is 8.28. The van der Waals surface area contributed by atoms with Gasteiger partial charge >= 0.3 is 5.97 Å². The first-order chi connectivity index (χ1) is 18.8. The summed E-state index contributed by atoms with van der Waals surface area (Å²) in [6.45, 7) is 3.96. The number of carbonyl (C=O) groups excluding carboxylic acids is 4. The summed E-state index contributed by atoms with van der Waals surface area (Å²) in [5, 5.41) is 9.83. The average molecular weight is 594 g/mol. The number of thiazole rings is 1. The number of ether oxygens (including phenoxy) is 2. The molecule has 2 saturated heterocycles. The van der Waals surface area contributed by atoms with E-state index < -0.39 is 47.4 Å². The normalized spacial score (nSPS) is 21.0. The monoisotopic (exact) mass is 593 g/mol. The van der Waals surface area contributed by atoms with Gasteiger partial charge in [0, 0.05) is 11.1 Å². The van der Waals surface area contributed by atoms with Crippen LogP contribution in [0.5, 0.6) is 5.75 Å². The van der Waals surface area contributed by atoms with E-state index in [0.29, 0.717) is 22.8 Å². The molecule has 2 N–H and O–H groups in total. The number of benzene rings is 1. The van der Waals surface area contributed by atoms with E-state index in [9.17, 15) is 19.2 Å². The molecule has 0 spiro atoms. The molecule has 0 bridgehead atoms. The molecule has 2 aliphatic rings. The number of thioether (sulfide) groups is 1. The summed E-state index contributed by atoms with van der Waals surface area (Å²) in [4.78, 5) is 60.5. The molecule has 4 rings (SSSR count). The van der Waals surface area contributed by atoms with Crippen LogP contribution in [0.25, 0.3) is 0 Å². The number of hydrogen-bond acceptors (Lipinski definition) is 11. The van der Waals surface area contributed by atoms with Crippen LogP contribution in [0.4, 0.5) is 0 Å². The van der Waals surface area contributed by atoms with Crippen molar-refractivity contribution < 1.29 is 33.5 Å². The first-order valence-electron chi connectivity index (χ1n) is 11.5. The lowest BCUT2D eigenvalue weighted by Crippen LogP contribution is -2.74. The standard InChI is InChI=1S/C24H24ClN5O7S2/c1-13-10-39-23-19(28-18(32)8-27-37-21(29-17(31)7-25)16-11-38-12-26-16)22(33)30(23)20(13)24(34)36-9-14-3-5-15(35-2)6-4-14/h3-6,8,11-12,19-21,23H,1,7,9-10H2,2H3,(H,28,32)(H,29,31)/t19-,20?,21?,23+/m1/s1. The molecule has 1 aromatic carbocycles. The van der Waals surface area contributed by atoms with Crippen molar-refractivity contribution in [3.8, 4) is 5.75 Å². The highest BCUT2D eigenvalue weighted by molar-refractivity contribution is 8.00. The number of oxime groups is 1. The lowest BCUT2D eigenvalue weighted by molar-refractivity contribution is -0.163. The van der Waals surface area contributed by atoms with Crippen LogP contribution in [-0.2, 0) is 35.4 Å². The zero-order valence-corrected chi connectivity index (χ0v) is 23.0. The van der Waals surface area contributed by atoms with Crippen molar-refractivity contribution in [2.75, 3.05) is 18.7 Å². The minimum Gasteiger partial charge on any atom is -0.497 e. The van der Waals surface area contributed by atoms with Crippen LogP contribution in [0, 0.1) is 0 Å². The smallest absolute Gasteiger partial charge is 0.333 e. The number of halogens is 1. The van der Waals surface area contributed by atoms with Gasteiger partial charge in [0.1, 0.15) is 41.6 Å². The van der Waals surface area contributed by atoms with Gasteiger partial charge in [0.2, 0.25) is 18.0 Å². The molecule has 0 aliphatic carbocycles. The maximum atomic E-state index is 12.9. The number of amides is 3. The van der Waals surface area contributed by atoms with Crippen molar-refractivity contribution in [2.45, 2.75) is 30.3 Å². The van der Waals surface area contributed by atoms with Crippen molar-refractivity contribution >= 4 is 64.6 Å². The lowest BCUT2D eigenvalue weighted by Gasteiger charge is -2.52. The number of nitrogens with one attached hydrogen (secondary N) is 2. The Hall–Kier alpha value is -3.62. The van der Waals surface area contributed by atoms with Gasteiger partial charge in [0.15, 0.2) is 6.04 Å². The van der Waals surface area contributed by atoms with E-state index in [1.165, 1.54) is 28.0 Å². The number of nitrogens with zero attached hydrogens (tertiary/aromatic N) is 3. The van der Waals surface area contributed by atoms with Crippen molar-refractivity contribution in [2.24, 2.45) is 5.16 Å². The number of methoxy groups -OCH3 is 1.